The number of methoxy groups -OCH3 is 2. The molecule has 3 rings (SSSR count). The second-order valence-electron chi connectivity index (χ2n) is 6.12. The lowest BCUT2D eigenvalue weighted by Gasteiger charge is -2.23. The maximum Gasteiger partial charge on any atom is 0.127 e. The quantitative estimate of drug-likeness (QED) is 0.779. The van der Waals surface area contributed by atoms with E-state index in [2.05, 4.69) is 17.0 Å². The van der Waals surface area contributed by atoms with Gasteiger partial charge in [0.15, 0.2) is 0 Å². The summed E-state index contributed by atoms with van der Waals surface area (Å²) >= 11 is 0. The second-order valence-corrected chi connectivity index (χ2v) is 6.12. The molecule has 0 heterocycles. The Hall–Kier alpha value is -2.51. The van der Waals surface area contributed by atoms with E-state index < -0.39 is 0 Å². The molecule has 0 N–H and O–H groups in total. The fourth-order valence-corrected chi connectivity index (χ4v) is 2.87. The fraction of sp³-hybridized carbons (Fsp3) is 0.350. The molecule has 1 aliphatic rings. The molecule has 0 radical (unpaired) electrons. The lowest BCUT2D eigenvalue weighted by atomic mass is 10.1. The third-order valence-corrected chi connectivity index (χ3v) is 4.40. The SMILES string of the molecule is COc1ccc(CN(Cc2ccc(C#N)cc2)C2CC2)c(OC)c1. The molecular weight excluding hydrogens is 300 g/mol. The van der Waals surface area contributed by atoms with Crippen LogP contribution in [-0.4, -0.2) is 25.2 Å². The molecule has 2 aromatic carbocycles. The Kier molecular flexibility index (Phi) is 5.02. The average molecular weight is 322 g/mol. The topological polar surface area (TPSA) is 45.5 Å². The first kappa shape index (κ1) is 16.4. The van der Waals surface area contributed by atoms with Gasteiger partial charge in [0.05, 0.1) is 25.9 Å². The first-order chi connectivity index (χ1) is 11.7. The number of nitriles is 1. The van der Waals surface area contributed by atoms with E-state index in [-0.39, 0.29) is 0 Å². The largest absolute Gasteiger partial charge is 0.497 e. The molecule has 0 aromatic heterocycles. The molecule has 4 heteroatoms. The maximum atomic E-state index is 8.92. The Balaban J connectivity index is 1.75. The summed E-state index contributed by atoms with van der Waals surface area (Å²) in [4.78, 5) is 2.48. The predicted molar refractivity (Wildman–Crippen MR) is 93.0 cm³/mol. The van der Waals surface area contributed by atoms with Crippen LogP contribution < -0.4 is 9.47 Å². The van der Waals surface area contributed by atoms with Crippen molar-refractivity contribution in [3.63, 3.8) is 0 Å². The van der Waals surface area contributed by atoms with Crippen molar-refractivity contribution in [3.05, 3.63) is 59.2 Å². The minimum atomic E-state index is 0.632. The molecule has 1 aliphatic carbocycles. The normalized spacial score (nSPS) is 13.6. The molecule has 0 amide bonds. The van der Waals surface area contributed by atoms with Gasteiger partial charge < -0.3 is 9.47 Å². The van der Waals surface area contributed by atoms with E-state index in [1.165, 1.54) is 24.0 Å². The highest BCUT2D eigenvalue weighted by Crippen LogP contribution is 2.33. The maximum absolute atomic E-state index is 8.92. The Labute approximate surface area is 143 Å². The van der Waals surface area contributed by atoms with Gasteiger partial charge in [-0.1, -0.05) is 18.2 Å². The van der Waals surface area contributed by atoms with Crippen LogP contribution in [0.2, 0.25) is 0 Å². The summed E-state index contributed by atoms with van der Waals surface area (Å²) in [6.45, 7) is 1.73. The van der Waals surface area contributed by atoms with Crippen LogP contribution in [0.5, 0.6) is 11.5 Å². The molecule has 1 fully saturated rings. The van der Waals surface area contributed by atoms with E-state index in [1.807, 2.05) is 36.4 Å². The van der Waals surface area contributed by atoms with Crippen molar-refractivity contribution >= 4 is 0 Å². The molecule has 0 unspecified atom stereocenters. The highest BCUT2D eigenvalue weighted by molar-refractivity contribution is 5.41. The van der Waals surface area contributed by atoms with Gasteiger partial charge in [0.25, 0.3) is 0 Å². The zero-order chi connectivity index (χ0) is 16.9. The molecule has 0 saturated heterocycles. The van der Waals surface area contributed by atoms with E-state index >= 15 is 0 Å². The predicted octanol–water partition coefficient (Wildman–Crippen LogP) is 3.74. The number of nitrogens with zero attached hydrogens (tertiary/aromatic N) is 2. The zero-order valence-corrected chi connectivity index (χ0v) is 14.2. The van der Waals surface area contributed by atoms with Crippen molar-refractivity contribution in [1.29, 1.82) is 5.26 Å². The first-order valence-corrected chi connectivity index (χ1v) is 8.17. The number of benzene rings is 2. The summed E-state index contributed by atoms with van der Waals surface area (Å²) in [7, 11) is 3.36. The van der Waals surface area contributed by atoms with Crippen LogP contribution in [0.15, 0.2) is 42.5 Å². The van der Waals surface area contributed by atoms with E-state index in [0.717, 1.165) is 24.6 Å². The van der Waals surface area contributed by atoms with Gasteiger partial charge in [-0.25, -0.2) is 0 Å². The smallest absolute Gasteiger partial charge is 0.127 e. The van der Waals surface area contributed by atoms with E-state index in [1.54, 1.807) is 14.2 Å². The van der Waals surface area contributed by atoms with Gasteiger partial charge >= 0.3 is 0 Å². The van der Waals surface area contributed by atoms with Crippen LogP contribution in [0, 0.1) is 11.3 Å². The molecule has 0 bridgehead atoms. The summed E-state index contributed by atoms with van der Waals surface area (Å²) in [6, 6.07) is 16.6. The Morgan fingerprint density at radius 2 is 1.79 bits per heavy atom. The van der Waals surface area contributed by atoms with Crippen LogP contribution in [-0.2, 0) is 13.1 Å². The van der Waals surface area contributed by atoms with E-state index in [0.29, 0.717) is 11.6 Å². The summed E-state index contributed by atoms with van der Waals surface area (Å²) in [5.74, 6) is 1.67. The highest BCUT2D eigenvalue weighted by atomic mass is 16.5. The Morgan fingerprint density at radius 3 is 2.38 bits per heavy atom. The first-order valence-electron chi connectivity index (χ1n) is 8.17. The van der Waals surface area contributed by atoms with E-state index in [4.69, 9.17) is 14.7 Å². The highest BCUT2D eigenvalue weighted by Gasteiger charge is 2.29. The Morgan fingerprint density at radius 1 is 1.04 bits per heavy atom. The molecule has 2 aromatic rings. The van der Waals surface area contributed by atoms with Crippen LogP contribution >= 0.6 is 0 Å². The van der Waals surface area contributed by atoms with Crippen molar-refractivity contribution in [2.75, 3.05) is 14.2 Å². The third-order valence-electron chi connectivity index (χ3n) is 4.40. The monoisotopic (exact) mass is 322 g/mol. The fourth-order valence-electron chi connectivity index (χ4n) is 2.87. The van der Waals surface area contributed by atoms with Crippen LogP contribution in [0.1, 0.15) is 29.5 Å². The summed E-state index contributed by atoms with van der Waals surface area (Å²) in [5.41, 5.74) is 3.10. The van der Waals surface area contributed by atoms with E-state index in [9.17, 15) is 0 Å². The van der Waals surface area contributed by atoms with Gasteiger partial charge in [-0.3, -0.25) is 4.90 Å². The van der Waals surface area contributed by atoms with Crippen molar-refractivity contribution in [2.45, 2.75) is 32.0 Å². The number of ether oxygens (including phenoxy) is 2. The zero-order valence-electron chi connectivity index (χ0n) is 14.2. The molecule has 0 spiro atoms. The van der Waals surface area contributed by atoms with Gasteiger partial charge in [0.1, 0.15) is 11.5 Å². The number of hydrogen-bond acceptors (Lipinski definition) is 4. The molecule has 24 heavy (non-hydrogen) atoms. The van der Waals surface area contributed by atoms with Gasteiger partial charge in [0, 0.05) is 30.8 Å². The Bertz CT molecular complexity index is 730. The molecule has 4 nitrogen and oxygen atoms in total. The average Bonchev–Trinajstić information content (AvgIpc) is 3.47. The van der Waals surface area contributed by atoms with Crippen molar-refractivity contribution < 1.29 is 9.47 Å². The molecule has 0 aliphatic heterocycles. The van der Waals surface area contributed by atoms with Crippen molar-refractivity contribution in [3.8, 4) is 17.6 Å². The number of hydrogen-bond donors (Lipinski definition) is 0. The molecule has 124 valence electrons. The minimum Gasteiger partial charge on any atom is -0.497 e. The van der Waals surface area contributed by atoms with Gasteiger partial charge in [-0.05, 0) is 36.6 Å². The minimum absolute atomic E-state index is 0.632. The van der Waals surface area contributed by atoms with Crippen LogP contribution in [0.3, 0.4) is 0 Å². The van der Waals surface area contributed by atoms with Crippen LogP contribution in [0.25, 0.3) is 0 Å². The summed E-state index contributed by atoms with van der Waals surface area (Å²) < 4.78 is 10.8. The van der Waals surface area contributed by atoms with Gasteiger partial charge in [-0.2, -0.15) is 5.26 Å². The standard InChI is InChI=1S/C20H22N2O2/c1-23-19-10-7-17(20(11-19)24-2)14-22(18-8-9-18)13-16-5-3-15(12-21)4-6-16/h3-7,10-11,18H,8-9,13-14H2,1-2H3. The molecule has 0 atom stereocenters. The van der Waals surface area contributed by atoms with Crippen molar-refractivity contribution in [1.82, 2.24) is 4.90 Å². The van der Waals surface area contributed by atoms with Crippen molar-refractivity contribution in [2.24, 2.45) is 0 Å². The molecule has 1 saturated carbocycles. The van der Waals surface area contributed by atoms with Gasteiger partial charge in [0.2, 0.25) is 0 Å². The number of rotatable bonds is 7. The summed E-state index contributed by atoms with van der Waals surface area (Å²) in [6.07, 6.45) is 2.49. The lowest BCUT2D eigenvalue weighted by molar-refractivity contribution is 0.241. The third kappa shape index (κ3) is 3.87. The summed E-state index contributed by atoms with van der Waals surface area (Å²) in [5, 5.41) is 8.92. The van der Waals surface area contributed by atoms with Gasteiger partial charge in [-0.15, -0.1) is 0 Å². The second kappa shape index (κ2) is 7.37. The lowest BCUT2D eigenvalue weighted by Crippen LogP contribution is -2.25. The van der Waals surface area contributed by atoms with Crippen LogP contribution in [0.4, 0.5) is 0 Å². The molecular formula is C20H22N2O2.